The van der Waals surface area contributed by atoms with Crippen molar-refractivity contribution in [2.24, 2.45) is 5.73 Å². The van der Waals surface area contributed by atoms with Gasteiger partial charge in [-0.3, -0.25) is 4.79 Å². The van der Waals surface area contributed by atoms with Gasteiger partial charge in [-0.2, -0.15) is 5.10 Å². The first-order valence-electron chi connectivity index (χ1n) is 6.76. The van der Waals surface area contributed by atoms with Crippen LogP contribution in [0.1, 0.15) is 23.3 Å². The van der Waals surface area contributed by atoms with Gasteiger partial charge in [0.25, 0.3) is 5.91 Å². The highest BCUT2D eigenvalue weighted by atomic mass is 16.2. The lowest BCUT2D eigenvalue weighted by Crippen LogP contribution is -2.45. The van der Waals surface area contributed by atoms with E-state index in [9.17, 15) is 4.79 Å². The zero-order valence-corrected chi connectivity index (χ0v) is 11.1. The van der Waals surface area contributed by atoms with Crippen LogP contribution in [0.15, 0.2) is 36.7 Å². The molecule has 1 aliphatic heterocycles. The molecule has 1 unspecified atom stereocenters. The molecule has 0 spiro atoms. The number of aromatic nitrogens is 3. The number of amides is 1. The van der Waals surface area contributed by atoms with Crippen LogP contribution in [0.3, 0.4) is 0 Å². The Morgan fingerprint density at radius 3 is 3.00 bits per heavy atom. The van der Waals surface area contributed by atoms with Crippen LogP contribution in [0.4, 0.5) is 0 Å². The van der Waals surface area contributed by atoms with Crippen molar-refractivity contribution >= 4 is 5.91 Å². The summed E-state index contributed by atoms with van der Waals surface area (Å²) in [6.45, 7) is 1.35. The van der Waals surface area contributed by atoms with Crippen LogP contribution >= 0.6 is 0 Å². The van der Waals surface area contributed by atoms with Crippen molar-refractivity contribution in [3.8, 4) is 5.82 Å². The van der Waals surface area contributed by atoms with Crippen LogP contribution in [0.5, 0.6) is 0 Å². The van der Waals surface area contributed by atoms with Crippen molar-refractivity contribution in [3.05, 3.63) is 42.4 Å². The van der Waals surface area contributed by atoms with E-state index >= 15 is 0 Å². The third-order valence-corrected chi connectivity index (χ3v) is 3.44. The predicted molar refractivity (Wildman–Crippen MR) is 74.5 cm³/mol. The first kappa shape index (κ1) is 12.8. The second-order valence-electron chi connectivity index (χ2n) is 4.99. The SMILES string of the molecule is NC1CCCN(C(=O)c2cccc(-n3cccn3)n2)C1. The van der Waals surface area contributed by atoms with E-state index in [1.54, 1.807) is 28.0 Å². The average Bonchev–Trinajstić information content (AvgIpc) is 3.01. The summed E-state index contributed by atoms with van der Waals surface area (Å²) < 4.78 is 1.64. The minimum atomic E-state index is -0.0610. The van der Waals surface area contributed by atoms with Gasteiger partial charge in [-0.05, 0) is 31.0 Å². The quantitative estimate of drug-likeness (QED) is 0.877. The van der Waals surface area contributed by atoms with Gasteiger partial charge in [0.05, 0.1) is 0 Å². The number of carbonyl (C=O) groups excluding carboxylic acids is 1. The Morgan fingerprint density at radius 1 is 1.35 bits per heavy atom. The molecule has 104 valence electrons. The van der Waals surface area contributed by atoms with Gasteiger partial charge < -0.3 is 10.6 Å². The van der Waals surface area contributed by atoms with Crippen LogP contribution in [0.25, 0.3) is 5.82 Å². The van der Waals surface area contributed by atoms with Gasteiger partial charge in [0.1, 0.15) is 5.69 Å². The van der Waals surface area contributed by atoms with E-state index in [-0.39, 0.29) is 11.9 Å². The van der Waals surface area contributed by atoms with Crippen molar-refractivity contribution in [2.75, 3.05) is 13.1 Å². The summed E-state index contributed by atoms with van der Waals surface area (Å²) in [5.41, 5.74) is 6.36. The molecule has 1 saturated heterocycles. The molecule has 2 aromatic rings. The predicted octanol–water partition coefficient (Wildman–Crippen LogP) is 0.831. The summed E-state index contributed by atoms with van der Waals surface area (Å²) in [7, 11) is 0. The third kappa shape index (κ3) is 2.55. The zero-order valence-electron chi connectivity index (χ0n) is 11.1. The molecule has 20 heavy (non-hydrogen) atoms. The third-order valence-electron chi connectivity index (χ3n) is 3.44. The molecule has 1 aliphatic rings. The number of carbonyl (C=O) groups is 1. The fraction of sp³-hybridized carbons (Fsp3) is 0.357. The normalized spacial score (nSPS) is 19.1. The summed E-state index contributed by atoms with van der Waals surface area (Å²) >= 11 is 0. The van der Waals surface area contributed by atoms with Crippen LogP contribution in [-0.4, -0.2) is 44.7 Å². The van der Waals surface area contributed by atoms with Gasteiger partial charge >= 0.3 is 0 Å². The molecule has 0 radical (unpaired) electrons. The fourth-order valence-corrected chi connectivity index (χ4v) is 2.43. The van der Waals surface area contributed by atoms with E-state index in [4.69, 9.17) is 5.73 Å². The van der Waals surface area contributed by atoms with Gasteiger partial charge in [-0.25, -0.2) is 9.67 Å². The molecule has 1 atom stereocenters. The lowest BCUT2D eigenvalue weighted by atomic mass is 10.1. The summed E-state index contributed by atoms with van der Waals surface area (Å²) in [6, 6.07) is 7.27. The van der Waals surface area contributed by atoms with Gasteiger partial charge in [-0.1, -0.05) is 6.07 Å². The molecule has 3 heterocycles. The Kier molecular flexibility index (Phi) is 3.47. The van der Waals surface area contributed by atoms with Crippen LogP contribution in [0, 0.1) is 0 Å². The maximum atomic E-state index is 12.4. The van der Waals surface area contributed by atoms with Crippen LogP contribution in [-0.2, 0) is 0 Å². The molecule has 0 aliphatic carbocycles. The van der Waals surface area contributed by atoms with Gasteiger partial charge in [0.2, 0.25) is 0 Å². The lowest BCUT2D eigenvalue weighted by molar-refractivity contribution is 0.0703. The largest absolute Gasteiger partial charge is 0.336 e. The highest BCUT2D eigenvalue weighted by Crippen LogP contribution is 2.13. The van der Waals surface area contributed by atoms with Crippen molar-refractivity contribution in [1.82, 2.24) is 19.7 Å². The summed E-state index contributed by atoms with van der Waals surface area (Å²) in [5.74, 6) is 0.580. The number of nitrogens with zero attached hydrogens (tertiary/aromatic N) is 4. The monoisotopic (exact) mass is 271 g/mol. The van der Waals surface area contributed by atoms with Gasteiger partial charge in [-0.15, -0.1) is 0 Å². The van der Waals surface area contributed by atoms with E-state index < -0.39 is 0 Å². The number of piperidine rings is 1. The first-order chi connectivity index (χ1) is 9.74. The van der Waals surface area contributed by atoms with E-state index in [1.807, 2.05) is 18.2 Å². The number of nitrogens with two attached hydrogens (primary N) is 1. The molecule has 6 heteroatoms. The number of rotatable bonds is 2. The fourth-order valence-electron chi connectivity index (χ4n) is 2.43. The van der Waals surface area contributed by atoms with Crippen LogP contribution in [0.2, 0.25) is 0 Å². The highest BCUT2D eigenvalue weighted by Gasteiger charge is 2.23. The van der Waals surface area contributed by atoms with Crippen molar-refractivity contribution in [3.63, 3.8) is 0 Å². The molecular weight excluding hydrogens is 254 g/mol. The molecule has 0 bridgehead atoms. The van der Waals surface area contributed by atoms with Crippen molar-refractivity contribution in [2.45, 2.75) is 18.9 Å². The second kappa shape index (κ2) is 5.42. The van der Waals surface area contributed by atoms with E-state index in [0.29, 0.717) is 18.1 Å². The summed E-state index contributed by atoms with van der Waals surface area (Å²) in [5, 5.41) is 4.12. The molecule has 1 amide bonds. The van der Waals surface area contributed by atoms with Gasteiger partial charge in [0.15, 0.2) is 5.82 Å². The molecule has 3 rings (SSSR count). The smallest absolute Gasteiger partial charge is 0.272 e. The van der Waals surface area contributed by atoms with E-state index in [0.717, 1.165) is 19.4 Å². The summed E-state index contributed by atoms with van der Waals surface area (Å²) in [6.07, 6.45) is 5.41. The standard InChI is InChI=1S/C14H17N5O/c15-11-4-2-8-18(10-11)14(20)12-5-1-6-13(17-12)19-9-3-7-16-19/h1,3,5-7,9,11H,2,4,8,10,15H2. The summed E-state index contributed by atoms with van der Waals surface area (Å²) in [4.78, 5) is 18.6. The Labute approximate surface area is 117 Å². The molecular formula is C14H17N5O. The molecule has 1 fully saturated rings. The lowest BCUT2D eigenvalue weighted by Gasteiger charge is -2.30. The Bertz CT molecular complexity index is 595. The van der Waals surface area contributed by atoms with Crippen LogP contribution < -0.4 is 5.73 Å². The molecule has 2 N–H and O–H groups in total. The number of hydrogen-bond donors (Lipinski definition) is 1. The first-order valence-corrected chi connectivity index (χ1v) is 6.76. The topological polar surface area (TPSA) is 77.0 Å². The maximum Gasteiger partial charge on any atom is 0.272 e. The minimum Gasteiger partial charge on any atom is -0.336 e. The maximum absolute atomic E-state index is 12.4. The zero-order chi connectivity index (χ0) is 13.9. The number of likely N-dealkylation sites (tertiary alicyclic amines) is 1. The molecule has 0 aromatic carbocycles. The Hall–Kier alpha value is -2.21. The number of hydrogen-bond acceptors (Lipinski definition) is 4. The molecule has 6 nitrogen and oxygen atoms in total. The Balaban J connectivity index is 1.83. The van der Waals surface area contributed by atoms with Gasteiger partial charge in [0, 0.05) is 31.5 Å². The Morgan fingerprint density at radius 2 is 2.25 bits per heavy atom. The minimum absolute atomic E-state index is 0.0610. The number of pyridine rings is 1. The molecule has 0 saturated carbocycles. The van der Waals surface area contributed by atoms with E-state index in [2.05, 4.69) is 10.1 Å². The molecule has 2 aromatic heterocycles. The van der Waals surface area contributed by atoms with Crippen molar-refractivity contribution in [1.29, 1.82) is 0 Å². The van der Waals surface area contributed by atoms with E-state index in [1.165, 1.54) is 0 Å². The van der Waals surface area contributed by atoms with Crippen molar-refractivity contribution < 1.29 is 4.79 Å². The highest BCUT2D eigenvalue weighted by molar-refractivity contribution is 5.92. The second-order valence-corrected chi connectivity index (χ2v) is 4.99. The average molecular weight is 271 g/mol.